The van der Waals surface area contributed by atoms with E-state index in [4.69, 9.17) is 10.5 Å². The zero-order valence-corrected chi connectivity index (χ0v) is 13.9. The Bertz CT molecular complexity index is 238. The van der Waals surface area contributed by atoms with Gasteiger partial charge in [0.15, 0.2) is 5.96 Å². The number of nitrogens with one attached hydrogen (secondary N) is 1. The molecule has 108 valence electrons. The highest BCUT2D eigenvalue weighted by molar-refractivity contribution is 14.0. The van der Waals surface area contributed by atoms with Crippen molar-refractivity contribution >= 4 is 29.9 Å². The quantitative estimate of drug-likeness (QED) is 0.304. The number of methoxy groups -OCH3 is 1. The summed E-state index contributed by atoms with van der Waals surface area (Å²) in [6.07, 6.45) is 3.49. The maximum absolute atomic E-state index is 5.80. The van der Waals surface area contributed by atoms with Gasteiger partial charge in [-0.1, -0.05) is 6.92 Å². The molecule has 0 aliphatic carbocycles. The van der Waals surface area contributed by atoms with Crippen molar-refractivity contribution in [2.24, 2.45) is 10.7 Å². The van der Waals surface area contributed by atoms with Crippen molar-refractivity contribution in [2.75, 3.05) is 39.9 Å². The smallest absolute Gasteiger partial charge is 0.188 e. The third-order valence-corrected chi connectivity index (χ3v) is 3.21. The topological polar surface area (TPSA) is 62.9 Å². The van der Waals surface area contributed by atoms with Crippen molar-refractivity contribution in [3.8, 4) is 0 Å². The predicted octanol–water partition coefficient (Wildman–Crippen LogP) is 1.03. The minimum atomic E-state index is 0. The van der Waals surface area contributed by atoms with Crippen molar-refractivity contribution in [3.05, 3.63) is 0 Å². The van der Waals surface area contributed by atoms with Crippen LogP contribution in [0.1, 0.15) is 26.2 Å². The number of likely N-dealkylation sites (tertiary alicyclic amines) is 1. The van der Waals surface area contributed by atoms with E-state index in [1.807, 2.05) is 0 Å². The van der Waals surface area contributed by atoms with Gasteiger partial charge < -0.3 is 15.8 Å². The number of likely N-dealkylation sites (N-methyl/N-ethyl adjacent to an activating group) is 1. The zero-order chi connectivity index (χ0) is 12.5. The van der Waals surface area contributed by atoms with Gasteiger partial charge in [-0.15, -0.1) is 24.0 Å². The van der Waals surface area contributed by atoms with Crippen LogP contribution < -0.4 is 11.1 Å². The number of hydrogen-bond donors (Lipinski definition) is 2. The Kier molecular flexibility index (Phi) is 10.8. The van der Waals surface area contributed by atoms with E-state index in [0.29, 0.717) is 12.0 Å². The molecule has 0 radical (unpaired) electrons. The van der Waals surface area contributed by atoms with Gasteiger partial charge in [-0.25, -0.2) is 0 Å². The number of guanidine groups is 1. The van der Waals surface area contributed by atoms with Gasteiger partial charge in [0, 0.05) is 26.3 Å². The van der Waals surface area contributed by atoms with Crippen LogP contribution in [-0.4, -0.2) is 56.8 Å². The maximum atomic E-state index is 5.80. The Labute approximate surface area is 128 Å². The summed E-state index contributed by atoms with van der Waals surface area (Å²) in [5.41, 5.74) is 5.80. The lowest BCUT2D eigenvalue weighted by Crippen LogP contribution is -2.36. The molecule has 0 aromatic rings. The van der Waals surface area contributed by atoms with E-state index in [9.17, 15) is 0 Å². The van der Waals surface area contributed by atoms with Crippen LogP contribution in [0.4, 0.5) is 0 Å². The fourth-order valence-electron chi connectivity index (χ4n) is 2.21. The molecule has 1 rings (SSSR count). The van der Waals surface area contributed by atoms with E-state index >= 15 is 0 Å². The molecule has 1 aliphatic heterocycles. The lowest BCUT2D eigenvalue weighted by atomic mass is 10.2. The van der Waals surface area contributed by atoms with Crippen LogP contribution in [0.2, 0.25) is 0 Å². The molecular formula is C12H27IN4O. The van der Waals surface area contributed by atoms with Crippen molar-refractivity contribution in [3.63, 3.8) is 0 Å². The van der Waals surface area contributed by atoms with Gasteiger partial charge in [0.1, 0.15) is 0 Å². The monoisotopic (exact) mass is 370 g/mol. The first-order valence-electron chi connectivity index (χ1n) is 6.54. The maximum Gasteiger partial charge on any atom is 0.188 e. The van der Waals surface area contributed by atoms with Crippen LogP contribution in [0.5, 0.6) is 0 Å². The van der Waals surface area contributed by atoms with Crippen molar-refractivity contribution in [1.29, 1.82) is 0 Å². The fraction of sp³-hybridized carbons (Fsp3) is 0.917. The third kappa shape index (κ3) is 6.75. The van der Waals surface area contributed by atoms with Gasteiger partial charge in [-0.3, -0.25) is 9.89 Å². The van der Waals surface area contributed by atoms with Gasteiger partial charge in [-0.05, 0) is 32.4 Å². The van der Waals surface area contributed by atoms with E-state index in [2.05, 4.69) is 22.1 Å². The average Bonchev–Trinajstić information content (AvgIpc) is 2.79. The first kappa shape index (κ1) is 17.9. The molecule has 0 saturated carbocycles. The Morgan fingerprint density at radius 2 is 2.33 bits per heavy atom. The SMILES string of the molecule is CCN1CCCC1CN=C(N)NCCCOC.I. The molecule has 1 heterocycles. The summed E-state index contributed by atoms with van der Waals surface area (Å²) in [7, 11) is 1.71. The van der Waals surface area contributed by atoms with Gasteiger partial charge >= 0.3 is 0 Å². The molecule has 5 nitrogen and oxygen atoms in total. The average molecular weight is 370 g/mol. The summed E-state index contributed by atoms with van der Waals surface area (Å²) >= 11 is 0. The van der Waals surface area contributed by atoms with Crippen LogP contribution in [0.3, 0.4) is 0 Å². The molecule has 0 aromatic carbocycles. The zero-order valence-electron chi connectivity index (χ0n) is 11.5. The Morgan fingerprint density at radius 1 is 1.56 bits per heavy atom. The summed E-state index contributed by atoms with van der Waals surface area (Å²) in [5, 5.41) is 3.10. The van der Waals surface area contributed by atoms with Gasteiger partial charge in [-0.2, -0.15) is 0 Å². The number of nitrogens with zero attached hydrogens (tertiary/aromatic N) is 2. The second-order valence-corrected chi connectivity index (χ2v) is 4.42. The summed E-state index contributed by atoms with van der Waals surface area (Å²) in [6, 6.07) is 0.583. The number of aliphatic imine (C=N–C) groups is 1. The molecule has 3 N–H and O–H groups in total. The molecule has 1 fully saturated rings. The van der Waals surface area contributed by atoms with Crippen LogP contribution in [0.25, 0.3) is 0 Å². The minimum absolute atomic E-state index is 0. The lowest BCUT2D eigenvalue weighted by molar-refractivity contribution is 0.195. The summed E-state index contributed by atoms with van der Waals surface area (Å²) in [6.45, 7) is 6.92. The normalized spacial score (nSPS) is 20.8. The first-order valence-corrected chi connectivity index (χ1v) is 6.54. The van der Waals surface area contributed by atoms with Crippen molar-refractivity contribution < 1.29 is 4.74 Å². The molecule has 0 aromatic heterocycles. The van der Waals surface area contributed by atoms with Crippen molar-refractivity contribution in [1.82, 2.24) is 10.2 Å². The molecule has 6 heteroatoms. The lowest BCUT2D eigenvalue weighted by Gasteiger charge is -2.20. The van der Waals surface area contributed by atoms with Gasteiger partial charge in [0.2, 0.25) is 0 Å². The van der Waals surface area contributed by atoms with E-state index < -0.39 is 0 Å². The van der Waals surface area contributed by atoms with E-state index in [-0.39, 0.29) is 24.0 Å². The number of rotatable bonds is 7. The van der Waals surface area contributed by atoms with Crippen LogP contribution >= 0.6 is 24.0 Å². The Balaban J connectivity index is 0.00000289. The molecule has 1 unspecified atom stereocenters. The largest absolute Gasteiger partial charge is 0.385 e. The first-order chi connectivity index (χ1) is 8.27. The second-order valence-electron chi connectivity index (χ2n) is 4.42. The molecule has 0 spiro atoms. The van der Waals surface area contributed by atoms with Gasteiger partial charge in [0.05, 0.1) is 6.54 Å². The molecule has 0 amide bonds. The third-order valence-electron chi connectivity index (χ3n) is 3.21. The minimum Gasteiger partial charge on any atom is -0.385 e. The summed E-state index contributed by atoms with van der Waals surface area (Å²) in [5.74, 6) is 0.559. The summed E-state index contributed by atoms with van der Waals surface area (Å²) in [4.78, 5) is 6.88. The highest BCUT2D eigenvalue weighted by Crippen LogP contribution is 2.16. The summed E-state index contributed by atoms with van der Waals surface area (Å²) < 4.78 is 4.97. The Morgan fingerprint density at radius 3 is 3.00 bits per heavy atom. The van der Waals surface area contributed by atoms with Crippen molar-refractivity contribution in [2.45, 2.75) is 32.2 Å². The molecular weight excluding hydrogens is 343 g/mol. The molecule has 18 heavy (non-hydrogen) atoms. The highest BCUT2D eigenvalue weighted by atomic mass is 127. The number of ether oxygens (including phenoxy) is 1. The van der Waals surface area contributed by atoms with Crippen LogP contribution in [0.15, 0.2) is 4.99 Å². The van der Waals surface area contributed by atoms with Gasteiger partial charge in [0.25, 0.3) is 0 Å². The molecule has 1 saturated heterocycles. The highest BCUT2D eigenvalue weighted by Gasteiger charge is 2.22. The molecule has 0 bridgehead atoms. The number of nitrogens with two attached hydrogens (primary N) is 1. The van der Waals surface area contributed by atoms with Crippen LogP contribution in [0, 0.1) is 0 Å². The van der Waals surface area contributed by atoms with E-state index in [1.54, 1.807) is 7.11 Å². The van der Waals surface area contributed by atoms with E-state index in [0.717, 1.165) is 32.7 Å². The molecule has 1 atom stereocenters. The molecule has 1 aliphatic rings. The number of hydrogen-bond acceptors (Lipinski definition) is 3. The van der Waals surface area contributed by atoms with Crippen LogP contribution in [-0.2, 0) is 4.74 Å². The number of halogens is 1. The Hall–Kier alpha value is -0.0800. The standard InChI is InChI=1S/C12H26N4O.HI/c1-3-16-8-4-6-11(16)10-15-12(13)14-7-5-9-17-2;/h11H,3-10H2,1-2H3,(H3,13,14,15);1H. The predicted molar refractivity (Wildman–Crippen MR) is 86.7 cm³/mol. The van der Waals surface area contributed by atoms with E-state index in [1.165, 1.54) is 19.4 Å². The second kappa shape index (κ2) is 10.8. The fourth-order valence-corrected chi connectivity index (χ4v) is 2.21.